The lowest BCUT2D eigenvalue weighted by Gasteiger charge is -2.11. The number of nitrogens with one attached hydrogen (secondary N) is 3. The van der Waals surface area contributed by atoms with Crippen LogP contribution in [-0.2, 0) is 4.79 Å². The Bertz CT molecular complexity index is 573. The lowest BCUT2D eigenvalue weighted by Crippen LogP contribution is -2.34. The summed E-state index contributed by atoms with van der Waals surface area (Å²) < 4.78 is 0. The Morgan fingerprint density at radius 2 is 1.88 bits per heavy atom. The van der Waals surface area contributed by atoms with Crippen molar-refractivity contribution in [1.29, 1.82) is 0 Å². The fourth-order valence-electron chi connectivity index (χ4n) is 2.05. The maximum atomic E-state index is 12.1. The maximum Gasteiger partial charge on any atom is 0.319 e. The van der Waals surface area contributed by atoms with Gasteiger partial charge in [-0.25, -0.2) is 4.79 Å². The molecule has 0 radical (unpaired) electrons. The van der Waals surface area contributed by atoms with Crippen LogP contribution in [-0.4, -0.2) is 35.6 Å². The zero-order valence-corrected chi connectivity index (χ0v) is 14.1. The number of rotatable bonds is 9. The summed E-state index contributed by atoms with van der Waals surface area (Å²) in [5, 5.41) is 16.7. The number of carboxylic acid groups (broad SMARTS) is 1. The van der Waals surface area contributed by atoms with Crippen molar-refractivity contribution < 1.29 is 19.5 Å². The van der Waals surface area contributed by atoms with E-state index in [0.717, 1.165) is 12.8 Å². The third-order valence-electron chi connectivity index (χ3n) is 3.16. The van der Waals surface area contributed by atoms with Crippen molar-refractivity contribution >= 4 is 23.6 Å². The molecule has 24 heavy (non-hydrogen) atoms. The summed E-state index contributed by atoms with van der Waals surface area (Å²) in [6.07, 6.45) is 2.24. The third-order valence-corrected chi connectivity index (χ3v) is 3.16. The molecule has 0 atom stereocenters. The van der Waals surface area contributed by atoms with Crippen LogP contribution in [0, 0.1) is 0 Å². The maximum absolute atomic E-state index is 12.1. The topological polar surface area (TPSA) is 108 Å². The highest BCUT2D eigenvalue weighted by Crippen LogP contribution is 2.10. The van der Waals surface area contributed by atoms with Crippen LogP contribution in [0.5, 0.6) is 0 Å². The molecule has 0 fully saturated rings. The average molecular weight is 335 g/mol. The van der Waals surface area contributed by atoms with Crippen LogP contribution < -0.4 is 16.0 Å². The van der Waals surface area contributed by atoms with E-state index >= 15 is 0 Å². The van der Waals surface area contributed by atoms with Gasteiger partial charge in [-0.15, -0.1) is 0 Å². The number of hydrogen-bond acceptors (Lipinski definition) is 3. The molecule has 0 bridgehead atoms. The van der Waals surface area contributed by atoms with Gasteiger partial charge >= 0.3 is 12.0 Å². The fraction of sp³-hybridized carbons (Fsp3) is 0.471. The van der Waals surface area contributed by atoms with Crippen molar-refractivity contribution in [3.63, 3.8) is 0 Å². The summed E-state index contributed by atoms with van der Waals surface area (Å²) >= 11 is 0. The van der Waals surface area contributed by atoms with Gasteiger partial charge in [-0.05, 0) is 44.9 Å². The molecule has 0 heterocycles. The highest BCUT2D eigenvalue weighted by Gasteiger charge is 2.08. The van der Waals surface area contributed by atoms with Crippen molar-refractivity contribution in [3.8, 4) is 0 Å². The number of carbonyl (C=O) groups excluding carboxylic acids is 2. The Morgan fingerprint density at radius 1 is 1.12 bits per heavy atom. The van der Waals surface area contributed by atoms with Gasteiger partial charge in [0.2, 0.25) is 0 Å². The van der Waals surface area contributed by atoms with E-state index in [1.807, 2.05) is 13.8 Å². The van der Waals surface area contributed by atoms with E-state index in [-0.39, 0.29) is 24.4 Å². The normalized spacial score (nSPS) is 10.3. The number of unbranched alkanes of at least 4 members (excludes halogenated alkanes) is 2. The molecule has 0 spiro atoms. The number of carbonyl (C=O) groups is 3. The number of carboxylic acids is 1. The van der Waals surface area contributed by atoms with E-state index in [1.54, 1.807) is 24.3 Å². The van der Waals surface area contributed by atoms with Gasteiger partial charge in [0, 0.05) is 30.3 Å². The minimum atomic E-state index is -0.801. The summed E-state index contributed by atoms with van der Waals surface area (Å²) in [4.78, 5) is 34.1. The minimum absolute atomic E-state index is 0.0256. The van der Waals surface area contributed by atoms with Gasteiger partial charge in [0.05, 0.1) is 0 Å². The van der Waals surface area contributed by atoms with E-state index in [4.69, 9.17) is 5.11 Å². The molecule has 132 valence electrons. The Morgan fingerprint density at radius 3 is 2.54 bits per heavy atom. The monoisotopic (exact) mass is 335 g/mol. The highest BCUT2D eigenvalue weighted by molar-refractivity contribution is 5.96. The quantitative estimate of drug-likeness (QED) is 0.520. The zero-order valence-electron chi connectivity index (χ0n) is 14.1. The second kappa shape index (κ2) is 10.3. The molecule has 0 unspecified atom stereocenters. The number of urea groups is 1. The van der Waals surface area contributed by atoms with Gasteiger partial charge in [0.15, 0.2) is 0 Å². The Hall–Kier alpha value is -2.57. The first-order valence-electron chi connectivity index (χ1n) is 8.06. The smallest absolute Gasteiger partial charge is 0.319 e. The van der Waals surface area contributed by atoms with E-state index in [9.17, 15) is 14.4 Å². The molecule has 1 aromatic carbocycles. The molecule has 0 aromatic heterocycles. The number of aliphatic carboxylic acids is 1. The summed E-state index contributed by atoms with van der Waals surface area (Å²) in [5.74, 6) is -1.02. The van der Waals surface area contributed by atoms with Crippen LogP contribution >= 0.6 is 0 Å². The number of amides is 3. The van der Waals surface area contributed by atoms with Gasteiger partial charge in [0.25, 0.3) is 5.91 Å². The van der Waals surface area contributed by atoms with E-state index in [0.29, 0.717) is 24.2 Å². The van der Waals surface area contributed by atoms with Gasteiger partial charge in [0.1, 0.15) is 0 Å². The van der Waals surface area contributed by atoms with E-state index in [2.05, 4.69) is 16.0 Å². The highest BCUT2D eigenvalue weighted by atomic mass is 16.4. The number of benzene rings is 1. The summed E-state index contributed by atoms with van der Waals surface area (Å²) in [6.45, 7) is 4.21. The SMILES string of the molecule is CC(C)NC(=O)Nc1cccc(C(=O)NCCCCCC(=O)O)c1. The average Bonchev–Trinajstić information content (AvgIpc) is 2.49. The van der Waals surface area contributed by atoms with Crippen molar-refractivity contribution in [2.75, 3.05) is 11.9 Å². The van der Waals surface area contributed by atoms with Crippen LogP contribution in [0.3, 0.4) is 0 Å². The van der Waals surface area contributed by atoms with Crippen LogP contribution in [0.4, 0.5) is 10.5 Å². The Balaban J connectivity index is 2.40. The predicted octanol–water partition coefficient (Wildman–Crippen LogP) is 2.59. The third kappa shape index (κ3) is 8.17. The molecule has 1 aromatic rings. The number of anilines is 1. The van der Waals surface area contributed by atoms with Crippen LogP contribution in [0.1, 0.15) is 49.9 Å². The first kappa shape index (κ1) is 19.5. The molecule has 4 N–H and O–H groups in total. The molecule has 0 saturated heterocycles. The van der Waals surface area contributed by atoms with Gasteiger partial charge < -0.3 is 21.1 Å². The molecular formula is C17H25N3O4. The molecule has 0 aliphatic heterocycles. The zero-order chi connectivity index (χ0) is 17.9. The minimum Gasteiger partial charge on any atom is -0.481 e. The fourth-order valence-corrected chi connectivity index (χ4v) is 2.05. The summed E-state index contributed by atoms with van der Waals surface area (Å²) in [5.41, 5.74) is 1.00. The molecule has 7 nitrogen and oxygen atoms in total. The Labute approximate surface area is 141 Å². The van der Waals surface area contributed by atoms with Crippen molar-refractivity contribution in [2.24, 2.45) is 0 Å². The molecule has 0 saturated carbocycles. The second-order valence-corrected chi connectivity index (χ2v) is 5.79. The predicted molar refractivity (Wildman–Crippen MR) is 92.2 cm³/mol. The van der Waals surface area contributed by atoms with Crippen LogP contribution in [0.2, 0.25) is 0 Å². The standard InChI is InChI=1S/C17H25N3O4/c1-12(2)19-17(24)20-14-8-6-7-13(11-14)16(23)18-10-5-3-4-9-15(21)22/h6-8,11-12H,3-5,9-10H2,1-2H3,(H,18,23)(H,21,22)(H2,19,20,24). The van der Waals surface area contributed by atoms with Gasteiger partial charge in [-0.3, -0.25) is 9.59 Å². The lowest BCUT2D eigenvalue weighted by molar-refractivity contribution is -0.137. The molecular weight excluding hydrogens is 310 g/mol. The molecule has 1 rings (SSSR count). The van der Waals surface area contributed by atoms with Gasteiger partial charge in [-0.2, -0.15) is 0 Å². The second-order valence-electron chi connectivity index (χ2n) is 5.79. The first-order valence-corrected chi connectivity index (χ1v) is 8.06. The molecule has 0 aliphatic carbocycles. The Kier molecular flexibility index (Phi) is 8.32. The molecule has 0 aliphatic rings. The first-order chi connectivity index (χ1) is 11.4. The summed E-state index contributed by atoms with van der Waals surface area (Å²) in [7, 11) is 0. The molecule has 3 amide bonds. The van der Waals surface area contributed by atoms with Gasteiger partial charge in [-0.1, -0.05) is 12.5 Å². The van der Waals surface area contributed by atoms with Crippen LogP contribution in [0.15, 0.2) is 24.3 Å². The number of hydrogen-bond donors (Lipinski definition) is 4. The summed E-state index contributed by atoms with van der Waals surface area (Å²) in [6, 6.07) is 6.40. The van der Waals surface area contributed by atoms with Crippen LogP contribution in [0.25, 0.3) is 0 Å². The van der Waals surface area contributed by atoms with Crippen molar-refractivity contribution in [2.45, 2.75) is 45.6 Å². The van der Waals surface area contributed by atoms with E-state index in [1.165, 1.54) is 0 Å². The van der Waals surface area contributed by atoms with Crippen molar-refractivity contribution in [3.05, 3.63) is 29.8 Å². The lowest BCUT2D eigenvalue weighted by atomic mass is 10.1. The largest absolute Gasteiger partial charge is 0.481 e. The van der Waals surface area contributed by atoms with Crippen molar-refractivity contribution in [1.82, 2.24) is 10.6 Å². The molecule has 7 heteroatoms. The van der Waals surface area contributed by atoms with E-state index < -0.39 is 5.97 Å².